The van der Waals surface area contributed by atoms with Crippen molar-refractivity contribution < 1.29 is 8.94 Å². The Labute approximate surface area is 136 Å². The second-order valence-electron chi connectivity index (χ2n) is 6.65. The van der Waals surface area contributed by atoms with Gasteiger partial charge in [-0.25, -0.2) is 0 Å². The van der Waals surface area contributed by atoms with Crippen molar-refractivity contribution in [1.29, 1.82) is 0 Å². The van der Waals surface area contributed by atoms with Crippen molar-refractivity contribution in [1.82, 2.24) is 20.4 Å². The van der Waals surface area contributed by atoms with Crippen LogP contribution in [-0.4, -0.2) is 40.7 Å². The molecule has 0 amide bonds. The van der Waals surface area contributed by atoms with E-state index in [0.29, 0.717) is 12.0 Å². The smallest absolute Gasteiger partial charge is 0.227 e. The number of piperidine rings is 1. The van der Waals surface area contributed by atoms with Crippen LogP contribution in [0.25, 0.3) is 0 Å². The highest BCUT2D eigenvalue weighted by atomic mass is 16.5. The highest BCUT2D eigenvalue weighted by Gasteiger charge is 2.28. The Kier molecular flexibility index (Phi) is 4.43. The highest BCUT2D eigenvalue weighted by molar-refractivity contribution is 5.03. The number of nitrogens with zero attached hydrogens (tertiary/aromatic N) is 3. The molecule has 3 heterocycles. The predicted octanol–water partition coefficient (Wildman–Crippen LogP) is 2.34. The number of likely N-dealkylation sites (tertiary alicyclic amines) is 1. The summed E-state index contributed by atoms with van der Waals surface area (Å²) >= 11 is 0. The van der Waals surface area contributed by atoms with Gasteiger partial charge in [0.15, 0.2) is 5.82 Å². The lowest BCUT2D eigenvalue weighted by Crippen LogP contribution is -2.42. The summed E-state index contributed by atoms with van der Waals surface area (Å²) in [5, 5.41) is 7.69. The van der Waals surface area contributed by atoms with Crippen LogP contribution in [0.3, 0.4) is 0 Å². The maximum Gasteiger partial charge on any atom is 0.227 e. The topological polar surface area (TPSA) is 67.3 Å². The number of furan rings is 1. The monoisotopic (exact) mass is 316 g/mol. The van der Waals surface area contributed by atoms with Gasteiger partial charge in [0.05, 0.1) is 12.8 Å². The van der Waals surface area contributed by atoms with E-state index in [4.69, 9.17) is 8.94 Å². The number of rotatable bonds is 7. The Bertz CT molecular complexity index is 598. The first-order chi connectivity index (χ1) is 11.4. The van der Waals surface area contributed by atoms with Crippen LogP contribution in [0.5, 0.6) is 0 Å². The molecule has 1 saturated carbocycles. The third-order valence-electron chi connectivity index (χ3n) is 4.75. The Hall–Kier alpha value is -1.66. The maximum atomic E-state index is 5.42. The third kappa shape index (κ3) is 4.00. The van der Waals surface area contributed by atoms with E-state index in [0.717, 1.165) is 50.1 Å². The van der Waals surface area contributed by atoms with Gasteiger partial charge in [-0.1, -0.05) is 5.16 Å². The zero-order chi connectivity index (χ0) is 15.5. The van der Waals surface area contributed by atoms with Crippen LogP contribution in [0.2, 0.25) is 0 Å². The van der Waals surface area contributed by atoms with Gasteiger partial charge in [-0.15, -0.1) is 0 Å². The van der Waals surface area contributed by atoms with Gasteiger partial charge in [0.25, 0.3) is 0 Å². The summed E-state index contributed by atoms with van der Waals surface area (Å²) in [6.45, 7) is 4.07. The fourth-order valence-electron chi connectivity index (χ4n) is 3.18. The molecule has 124 valence electrons. The van der Waals surface area contributed by atoms with Crippen LogP contribution in [-0.2, 0) is 13.0 Å². The van der Waals surface area contributed by atoms with Crippen molar-refractivity contribution in [3.63, 3.8) is 0 Å². The van der Waals surface area contributed by atoms with Gasteiger partial charge < -0.3 is 14.3 Å². The molecule has 2 aliphatic rings. The molecule has 0 spiro atoms. The van der Waals surface area contributed by atoms with Gasteiger partial charge in [0.1, 0.15) is 5.76 Å². The first kappa shape index (κ1) is 14.9. The molecule has 4 rings (SSSR count). The number of nitrogens with one attached hydrogen (secondary N) is 1. The first-order valence-electron chi connectivity index (χ1n) is 8.67. The number of aromatic nitrogens is 2. The van der Waals surface area contributed by atoms with Gasteiger partial charge in [0, 0.05) is 38.0 Å². The average Bonchev–Trinajstić information content (AvgIpc) is 3.09. The summed E-state index contributed by atoms with van der Waals surface area (Å²) in [6, 6.07) is 4.59. The second-order valence-corrected chi connectivity index (χ2v) is 6.65. The fourth-order valence-corrected chi connectivity index (χ4v) is 3.18. The van der Waals surface area contributed by atoms with Crippen LogP contribution in [0.4, 0.5) is 0 Å². The summed E-state index contributed by atoms with van der Waals surface area (Å²) in [4.78, 5) is 6.93. The molecule has 0 radical (unpaired) electrons. The summed E-state index contributed by atoms with van der Waals surface area (Å²) in [5.41, 5.74) is 0. The van der Waals surface area contributed by atoms with E-state index in [1.165, 1.54) is 25.7 Å². The quantitative estimate of drug-likeness (QED) is 0.845. The molecular weight excluding hydrogens is 292 g/mol. The molecule has 2 fully saturated rings. The third-order valence-corrected chi connectivity index (χ3v) is 4.75. The van der Waals surface area contributed by atoms with Gasteiger partial charge in [-0.3, -0.25) is 4.90 Å². The molecule has 0 unspecified atom stereocenters. The van der Waals surface area contributed by atoms with Gasteiger partial charge in [-0.2, -0.15) is 4.98 Å². The number of hydrogen-bond donors (Lipinski definition) is 1. The fraction of sp³-hybridized carbons (Fsp3) is 0.647. The van der Waals surface area contributed by atoms with Crippen LogP contribution in [0, 0.1) is 0 Å². The largest absolute Gasteiger partial charge is 0.468 e. The molecule has 2 aromatic heterocycles. The van der Waals surface area contributed by atoms with E-state index in [-0.39, 0.29) is 0 Å². The van der Waals surface area contributed by atoms with E-state index in [1.54, 1.807) is 6.26 Å². The van der Waals surface area contributed by atoms with Crippen molar-refractivity contribution in [2.45, 2.75) is 50.6 Å². The summed E-state index contributed by atoms with van der Waals surface area (Å²) in [6.07, 6.45) is 7.36. The summed E-state index contributed by atoms with van der Waals surface area (Å²) < 4.78 is 10.7. The second kappa shape index (κ2) is 6.84. The molecule has 1 saturated heterocycles. The van der Waals surface area contributed by atoms with Crippen LogP contribution >= 0.6 is 0 Å². The lowest BCUT2D eigenvalue weighted by Gasteiger charge is -2.31. The first-order valence-corrected chi connectivity index (χ1v) is 8.67. The molecule has 0 aromatic carbocycles. The van der Waals surface area contributed by atoms with Gasteiger partial charge in [0.2, 0.25) is 5.89 Å². The van der Waals surface area contributed by atoms with E-state index in [1.807, 2.05) is 12.1 Å². The lowest BCUT2D eigenvalue weighted by atomic mass is 10.0. The molecule has 2 aromatic rings. The van der Waals surface area contributed by atoms with Crippen molar-refractivity contribution in [3.05, 3.63) is 35.9 Å². The van der Waals surface area contributed by atoms with E-state index in [2.05, 4.69) is 20.4 Å². The lowest BCUT2D eigenvalue weighted by molar-refractivity contribution is 0.179. The normalized spacial score (nSPS) is 20.2. The van der Waals surface area contributed by atoms with E-state index >= 15 is 0 Å². The van der Waals surface area contributed by atoms with Crippen LogP contribution < -0.4 is 5.32 Å². The molecule has 0 bridgehead atoms. The van der Waals surface area contributed by atoms with Crippen molar-refractivity contribution in [2.75, 3.05) is 19.6 Å². The van der Waals surface area contributed by atoms with Gasteiger partial charge >= 0.3 is 0 Å². The maximum absolute atomic E-state index is 5.42. The predicted molar refractivity (Wildman–Crippen MR) is 85.0 cm³/mol. The number of hydrogen-bond acceptors (Lipinski definition) is 6. The van der Waals surface area contributed by atoms with E-state index < -0.39 is 0 Å². The van der Waals surface area contributed by atoms with Crippen LogP contribution in [0.1, 0.15) is 49.1 Å². The molecule has 6 heteroatoms. The Morgan fingerprint density at radius 3 is 2.83 bits per heavy atom. The molecular formula is C17H24N4O2. The molecule has 1 aliphatic carbocycles. The molecule has 1 aliphatic heterocycles. The molecule has 6 nitrogen and oxygen atoms in total. The minimum atomic E-state index is 0.568. The average molecular weight is 316 g/mol. The van der Waals surface area contributed by atoms with Crippen molar-refractivity contribution in [2.24, 2.45) is 0 Å². The molecule has 1 N–H and O–H groups in total. The molecule has 23 heavy (non-hydrogen) atoms. The van der Waals surface area contributed by atoms with Crippen LogP contribution in [0.15, 0.2) is 27.3 Å². The van der Waals surface area contributed by atoms with E-state index in [9.17, 15) is 0 Å². The molecule has 0 atom stereocenters. The minimum absolute atomic E-state index is 0.568. The zero-order valence-electron chi connectivity index (χ0n) is 13.4. The Balaban J connectivity index is 1.15. The highest BCUT2D eigenvalue weighted by Crippen LogP contribution is 2.38. The van der Waals surface area contributed by atoms with Crippen molar-refractivity contribution in [3.8, 4) is 0 Å². The van der Waals surface area contributed by atoms with Gasteiger partial charge in [-0.05, 0) is 37.8 Å². The zero-order valence-corrected chi connectivity index (χ0v) is 13.4. The Morgan fingerprint density at radius 1 is 1.22 bits per heavy atom. The van der Waals surface area contributed by atoms with Crippen molar-refractivity contribution >= 4 is 0 Å². The standard InChI is InChI=1S/C17H24N4O2/c1-2-15(22-11-1)12-21-9-6-14(7-10-21)18-8-5-16-19-17(20-23-16)13-3-4-13/h1-2,11,13-14,18H,3-10,12H2. The SMILES string of the molecule is c1coc(CN2CCC(NCCc3nc(C4CC4)no3)CC2)c1. The minimum Gasteiger partial charge on any atom is -0.468 e. The Morgan fingerprint density at radius 2 is 2.09 bits per heavy atom. The summed E-state index contributed by atoms with van der Waals surface area (Å²) in [7, 11) is 0. The summed E-state index contributed by atoms with van der Waals surface area (Å²) in [5.74, 6) is 3.30.